The zero-order valence-corrected chi connectivity index (χ0v) is 10.8. The van der Waals surface area contributed by atoms with Gasteiger partial charge in [0.15, 0.2) is 0 Å². The second-order valence-electron chi connectivity index (χ2n) is 4.44. The van der Waals surface area contributed by atoms with E-state index >= 15 is 0 Å². The van der Waals surface area contributed by atoms with Crippen LogP contribution in [0.4, 0.5) is 16.2 Å². The Morgan fingerprint density at radius 1 is 1.58 bits per heavy atom. The molecule has 1 aromatic rings. The number of carbonyl (C=O) groups excluding carboxylic acids is 2. The molecule has 0 aromatic heterocycles. The van der Waals surface area contributed by atoms with E-state index in [0.29, 0.717) is 25.2 Å². The molecule has 6 heteroatoms. The molecule has 1 aromatic carbocycles. The van der Waals surface area contributed by atoms with E-state index in [1.807, 2.05) is 13.0 Å². The van der Waals surface area contributed by atoms with Crippen molar-refractivity contribution in [1.82, 2.24) is 5.32 Å². The summed E-state index contributed by atoms with van der Waals surface area (Å²) in [6.07, 6.45) is 0.583. The molecule has 0 unspecified atom stereocenters. The van der Waals surface area contributed by atoms with Crippen molar-refractivity contribution in [2.24, 2.45) is 5.73 Å². The van der Waals surface area contributed by atoms with E-state index in [4.69, 9.17) is 5.73 Å². The number of nitrogens with two attached hydrogens (primary N) is 1. The molecule has 0 aliphatic carbocycles. The maximum absolute atomic E-state index is 11.7. The number of rotatable bonds is 4. The summed E-state index contributed by atoms with van der Waals surface area (Å²) in [7, 11) is 0. The lowest BCUT2D eigenvalue weighted by molar-refractivity contribution is -0.117. The Labute approximate surface area is 112 Å². The molecule has 4 N–H and O–H groups in total. The number of benzene rings is 1. The fourth-order valence-electron chi connectivity index (χ4n) is 1.89. The van der Waals surface area contributed by atoms with Gasteiger partial charge in [-0.25, -0.2) is 4.79 Å². The van der Waals surface area contributed by atoms with Gasteiger partial charge in [-0.05, 0) is 24.6 Å². The van der Waals surface area contributed by atoms with E-state index in [0.717, 1.165) is 5.69 Å². The highest BCUT2D eigenvalue weighted by atomic mass is 16.2. The van der Waals surface area contributed by atoms with E-state index in [1.54, 1.807) is 23.1 Å². The van der Waals surface area contributed by atoms with Crippen molar-refractivity contribution in [1.29, 1.82) is 0 Å². The first-order chi connectivity index (χ1) is 9.11. The second-order valence-corrected chi connectivity index (χ2v) is 4.44. The minimum Gasteiger partial charge on any atom is -0.336 e. The van der Waals surface area contributed by atoms with Gasteiger partial charge in [-0.15, -0.1) is 0 Å². The predicted octanol–water partition coefficient (Wildman–Crippen LogP) is 0.892. The number of anilines is 2. The molecule has 3 amide bonds. The van der Waals surface area contributed by atoms with Gasteiger partial charge in [-0.1, -0.05) is 13.0 Å². The summed E-state index contributed by atoms with van der Waals surface area (Å²) in [5, 5.41) is 5.48. The Bertz CT molecular complexity index is 489. The van der Waals surface area contributed by atoms with Crippen molar-refractivity contribution in [3.63, 3.8) is 0 Å². The number of nitrogens with one attached hydrogen (secondary N) is 2. The maximum atomic E-state index is 11.7. The number of hydrogen-bond acceptors (Lipinski definition) is 3. The minimum atomic E-state index is -0.515. The van der Waals surface area contributed by atoms with Crippen molar-refractivity contribution in [2.75, 3.05) is 23.3 Å². The van der Waals surface area contributed by atoms with Gasteiger partial charge in [0, 0.05) is 24.5 Å². The summed E-state index contributed by atoms with van der Waals surface area (Å²) in [5.41, 5.74) is 7.07. The Morgan fingerprint density at radius 2 is 2.37 bits per heavy atom. The van der Waals surface area contributed by atoms with Crippen LogP contribution in [0.2, 0.25) is 0 Å². The highest BCUT2D eigenvalue weighted by Crippen LogP contribution is 2.21. The monoisotopic (exact) mass is 262 g/mol. The second kappa shape index (κ2) is 5.71. The normalized spacial score (nSPS) is 16.1. The minimum absolute atomic E-state index is 0.117. The summed E-state index contributed by atoms with van der Waals surface area (Å²) < 4.78 is 0. The third kappa shape index (κ3) is 3.03. The van der Waals surface area contributed by atoms with Crippen molar-refractivity contribution in [3.05, 3.63) is 24.3 Å². The van der Waals surface area contributed by atoms with Gasteiger partial charge < -0.3 is 16.4 Å². The van der Waals surface area contributed by atoms with Crippen molar-refractivity contribution in [3.8, 4) is 0 Å². The Kier molecular flexibility index (Phi) is 4.01. The van der Waals surface area contributed by atoms with Crippen LogP contribution >= 0.6 is 0 Å². The Balaban J connectivity index is 2.11. The van der Waals surface area contributed by atoms with Crippen molar-refractivity contribution >= 4 is 23.3 Å². The fraction of sp³-hybridized carbons (Fsp3) is 0.385. The van der Waals surface area contributed by atoms with Gasteiger partial charge in [0.2, 0.25) is 5.91 Å². The molecular formula is C13H18N4O2. The first-order valence-corrected chi connectivity index (χ1v) is 6.33. The molecule has 1 saturated heterocycles. The van der Waals surface area contributed by atoms with Crippen LogP contribution in [0.15, 0.2) is 24.3 Å². The lowest BCUT2D eigenvalue weighted by Crippen LogP contribution is -2.34. The number of urea groups is 1. The largest absolute Gasteiger partial charge is 0.336 e. The van der Waals surface area contributed by atoms with Crippen molar-refractivity contribution in [2.45, 2.75) is 19.4 Å². The van der Waals surface area contributed by atoms with Crippen LogP contribution in [-0.4, -0.2) is 31.1 Å². The van der Waals surface area contributed by atoms with Crippen LogP contribution in [-0.2, 0) is 4.79 Å². The van der Waals surface area contributed by atoms with Gasteiger partial charge in [0.1, 0.15) is 0 Å². The molecule has 2 rings (SSSR count). The summed E-state index contributed by atoms with van der Waals surface area (Å²) >= 11 is 0. The van der Waals surface area contributed by atoms with Crippen LogP contribution in [0.25, 0.3) is 0 Å². The van der Waals surface area contributed by atoms with Gasteiger partial charge in [0.05, 0.1) is 6.04 Å². The molecule has 1 aliphatic rings. The molecule has 0 bridgehead atoms. The van der Waals surface area contributed by atoms with Crippen LogP contribution in [0.3, 0.4) is 0 Å². The van der Waals surface area contributed by atoms with Crippen LogP contribution < -0.4 is 21.3 Å². The van der Waals surface area contributed by atoms with E-state index in [-0.39, 0.29) is 11.9 Å². The summed E-state index contributed by atoms with van der Waals surface area (Å²) in [6, 6.07) is 6.55. The molecule has 0 radical (unpaired) electrons. The van der Waals surface area contributed by atoms with Crippen LogP contribution in [0.5, 0.6) is 0 Å². The van der Waals surface area contributed by atoms with E-state index in [9.17, 15) is 9.59 Å². The Morgan fingerprint density at radius 3 is 3.00 bits per heavy atom. The molecule has 1 atom stereocenters. The topological polar surface area (TPSA) is 87.5 Å². The third-order valence-corrected chi connectivity index (χ3v) is 3.06. The maximum Gasteiger partial charge on any atom is 0.321 e. The highest BCUT2D eigenvalue weighted by Gasteiger charge is 2.21. The average Bonchev–Trinajstić information content (AvgIpc) is 2.84. The van der Waals surface area contributed by atoms with Gasteiger partial charge >= 0.3 is 6.03 Å². The molecule has 102 valence electrons. The molecule has 1 aliphatic heterocycles. The summed E-state index contributed by atoms with van der Waals surface area (Å²) in [4.78, 5) is 24.9. The van der Waals surface area contributed by atoms with Crippen molar-refractivity contribution < 1.29 is 9.59 Å². The highest BCUT2D eigenvalue weighted by molar-refractivity contribution is 5.97. The van der Waals surface area contributed by atoms with Gasteiger partial charge in [-0.3, -0.25) is 9.69 Å². The molecule has 0 spiro atoms. The predicted molar refractivity (Wildman–Crippen MR) is 74.1 cm³/mol. The number of hydrogen-bond donors (Lipinski definition) is 3. The quantitative estimate of drug-likeness (QED) is 0.753. The third-order valence-electron chi connectivity index (χ3n) is 3.06. The molecule has 0 saturated carbocycles. The number of carbonyl (C=O) groups is 2. The molecule has 1 heterocycles. The first-order valence-electron chi connectivity index (χ1n) is 6.33. The molecular weight excluding hydrogens is 244 g/mol. The van der Waals surface area contributed by atoms with E-state index in [1.165, 1.54) is 0 Å². The zero-order valence-electron chi connectivity index (χ0n) is 10.8. The van der Waals surface area contributed by atoms with Gasteiger partial charge in [0.25, 0.3) is 0 Å². The lowest BCUT2D eigenvalue weighted by Gasteiger charge is -2.16. The fourth-order valence-corrected chi connectivity index (χ4v) is 1.89. The standard InChI is InChI=1S/C13H18N4O2/c1-2-11(14)12(18)16-9-4-3-5-10(8-9)17-7-6-15-13(17)19/h3-5,8,11H,2,6-7,14H2,1H3,(H,15,19)(H,16,18)/t11-/m1/s1. The number of nitrogens with zero attached hydrogens (tertiary/aromatic N) is 1. The van der Waals surface area contributed by atoms with Crippen LogP contribution in [0.1, 0.15) is 13.3 Å². The smallest absolute Gasteiger partial charge is 0.321 e. The van der Waals surface area contributed by atoms with E-state index in [2.05, 4.69) is 10.6 Å². The SMILES string of the molecule is CC[C@@H](N)C(=O)Nc1cccc(N2CCNC2=O)c1. The summed E-state index contributed by atoms with van der Waals surface area (Å²) in [5.74, 6) is -0.217. The first kappa shape index (κ1) is 13.4. The Hall–Kier alpha value is -2.08. The van der Waals surface area contributed by atoms with Crippen LogP contribution in [0, 0.1) is 0 Å². The average molecular weight is 262 g/mol. The summed E-state index contributed by atoms with van der Waals surface area (Å²) in [6.45, 7) is 3.12. The lowest BCUT2D eigenvalue weighted by atomic mass is 10.2. The zero-order chi connectivity index (χ0) is 13.8. The molecule has 19 heavy (non-hydrogen) atoms. The number of amides is 3. The molecule has 1 fully saturated rings. The van der Waals surface area contributed by atoms with Gasteiger partial charge in [-0.2, -0.15) is 0 Å². The van der Waals surface area contributed by atoms with E-state index < -0.39 is 6.04 Å². The molecule has 6 nitrogen and oxygen atoms in total.